The summed E-state index contributed by atoms with van der Waals surface area (Å²) in [5.74, 6) is 2.62. The number of hydrogen-bond acceptors (Lipinski definition) is 2. The molecule has 2 aromatic rings. The Hall–Kier alpha value is -0.930. The third-order valence-corrected chi connectivity index (χ3v) is 4.54. The minimum absolute atomic E-state index is 0.713. The van der Waals surface area contributed by atoms with Crippen LogP contribution in [0, 0.1) is 0 Å². The second-order valence-electron chi connectivity index (χ2n) is 4.62. The average Bonchev–Trinajstić information content (AvgIpc) is 2.86. The molecule has 1 aromatic heterocycles. The molecule has 2 nitrogen and oxygen atoms in total. The van der Waals surface area contributed by atoms with Crippen LogP contribution in [0.5, 0.6) is 0 Å². The van der Waals surface area contributed by atoms with E-state index in [4.69, 9.17) is 0 Å². The molecule has 2 N–H and O–H groups in total. The van der Waals surface area contributed by atoms with Crippen LogP contribution in [0.2, 0.25) is 0 Å². The van der Waals surface area contributed by atoms with E-state index in [1.165, 1.54) is 40.8 Å². The van der Waals surface area contributed by atoms with Crippen molar-refractivity contribution < 1.29 is 0 Å². The van der Waals surface area contributed by atoms with Gasteiger partial charge in [-0.2, -0.15) is 11.8 Å². The van der Waals surface area contributed by atoms with Crippen molar-refractivity contribution in [1.29, 1.82) is 0 Å². The smallest absolute Gasteiger partial charge is 0.0457 e. The molecule has 17 heavy (non-hydrogen) atoms. The SMILES string of the molecule is c1cc(CNC2CCSCC2)c2cc[nH]c2c1. The van der Waals surface area contributed by atoms with Gasteiger partial charge in [0.05, 0.1) is 0 Å². The molecule has 1 aromatic carbocycles. The van der Waals surface area contributed by atoms with Crippen LogP contribution in [-0.4, -0.2) is 22.5 Å². The van der Waals surface area contributed by atoms with Gasteiger partial charge in [-0.1, -0.05) is 12.1 Å². The highest BCUT2D eigenvalue weighted by Crippen LogP contribution is 2.20. The van der Waals surface area contributed by atoms with Crippen LogP contribution < -0.4 is 5.32 Å². The monoisotopic (exact) mass is 246 g/mol. The molecule has 3 rings (SSSR count). The van der Waals surface area contributed by atoms with E-state index in [0.717, 1.165) is 6.54 Å². The van der Waals surface area contributed by atoms with E-state index in [-0.39, 0.29) is 0 Å². The van der Waals surface area contributed by atoms with E-state index < -0.39 is 0 Å². The van der Waals surface area contributed by atoms with Gasteiger partial charge in [-0.25, -0.2) is 0 Å². The molecule has 1 aliphatic heterocycles. The summed E-state index contributed by atoms with van der Waals surface area (Å²) in [6, 6.07) is 9.37. The van der Waals surface area contributed by atoms with Crippen molar-refractivity contribution in [2.45, 2.75) is 25.4 Å². The Morgan fingerprint density at radius 2 is 2.12 bits per heavy atom. The van der Waals surface area contributed by atoms with Gasteiger partial charge in [0, 0.05) is 29.7 Å². The first-order valence-corrected chi connectivity index (χ1v) is 7.45. The Balaban J connectivity index is 1.69. The fourth-order valence-corrected chi connectivity index (χ4v) is 3.57. The van der Waals surface area contributed by atoms with Crippen LogP contribution in [0.25, 0.3) is 10.9 Å². The molecule has 1 saturated heterocycles. The number of benzene rings is 1. The summed E-state index contributed by atoms with van der Waals surface area (Å²) in [6.07, 6.45) is 4.65. The minimum Gasteiger partial charge on any atom is -0.361 e. The predicted molar refractivity (Wildman–Crippen MR) is 75.5 cm³/mol. The van der Waals surface area contributed by atoms with Crippen LogP contribution in [0.15, 0.2) is 30.5 Å². The Morgan fingerprint density at radius 3 is 3.00 bits per heavy atom. The van der Waals surface area contributed by atoms with E-state index in [1.807, 2.05) is 6.20 Å². The lowest BCUT2D eigenvalue weighted by molar-refractivity contribution is 0.483. The van der Waals surface area contributed by atoms with Gasteiger partial charge in [0.25, 0.3) is 0 Å². The molecule has 1 fully saturated rings. The van der Waals surface area contributed by atoms with Crippen molar-refractivity contribution in [3.05, 3.63) is 36.0 Å². The van der Waals surface area contributed by atoms with Gasteiger partial charge in [-0.15, -0.1) is 0 Å². The zero-order valence-electron chi connectivity index (χ0n) is 9.91. The molecule has 0 unspecified atom stereocenters. The van der Waals surface area contributed by atoms with Crippen LogP contribution in [0.4, 0.5) is 0 Å². The third-order valence-electron chi connectivity index (χ3n) is 3.49. The van der Waals surface area contributed by atoms with Crippen LogP contribution >= 0.6 is 11.8 Å². The Labute approximate surface area is 106 Å². The van der Waals surface area contributed by atoms with E-state index in [2.05, 4.69) is 46.3 Å². The van der Waals surface area contributed by atoms with E-state index in [1.54, 1.807) is 0 Å². The lowest BCUT2D eigenvalue weighted by Crippen LogP contribution is -2.32. The molecule has 0 aliphatic carbocycles. The fourth-order valence-electron chi connectivity index (χ4n) is 2.46. The number of rotatable bonds is 3. The number of aromatic nitrogens is 1. The normalized spacial score (nSPS) is 17.6. The minimum atomic E-state index is 0.713. The second kappa shape index (κ2) is 5.15. The lowest BCUT2D eigenvalue weighted by atomic mass is 10.1. The number of nitrogens with one attached hydrogen (secondary N) is 2. The highest BCUT2D eigenvalue weighted by molar-refractivity contribution is 7.99. The van der Waals surface area contributed by atoms with Crippen LogP contribution in [0.1, 0.15) is 18.4 Å². The Bertz CT molecular complexity index is 486. The van der Waals surface area contributed by atoms with Gasteiger partial charge >= 0.3 is 0 Å². The molecule has 90 valence electrons. The number of H-pyrrole nitrogens is 1. The highest BCUT2D eigenvalue weighted by Gasteiger charge is 2.13. The summed E-state index contributed by atoms with van der Waals surface area (Å²) in [6.45, 7) is 0.991. The van der Waals surface area contributed by atoms with E-state index in [0.29, 0.717) is 6.04 Å². The Kier molecular flexibility index (Phi) is 3.39. The van der Waals surface area contributed by atoms with Gasteiger partial charge in [0.1, 0.15) is 0 Å². The van der Waals surface area contributed by atoms with Crippen molar-refractivity contribution in [1.82, 2.24) is 10.3 Å². The molecular weight excluding hydrogens is 228 g/mol. The second-order valence-corrected chi connectivity index (χ2v) is 5.85. The lowest BCUT2D eigenvalue weighted by Gasteiger charge is -2.22. The maximum absolute atomic E-state index is 3.69. The molecule has 2 heterocycles. The number of fused-ring (bicyclic) bond motifs is 1. The fraction of sp³-hybridized carbons (Fsp3) is 0.429. The highest BCUT2D eigenvalue weighted by atomic mass is 32.2. The molecule has 0 saturated carbocycles. The molecule has 1 aliphatic rings. The van der Waals surface area contributed by atoms with Gasteiger partial charge in [0.15, 0.2) is 0 Å². The van der Waals surface area contributed by atoms with Crippen LogP contribution in [0.3, 0.4) is 0 Å². The van der Waals surface area contributed by atoms with E-state index in [9.17, 15) is 0 Å². The zero-order valence-corrected chi connectivity index (χ0v) is 10.7. The average molecular weight is 246 g/mol. The summed E-state index contributed by atoms with van der Waals surface area (Å²) in [5.41, 5.74) is 2.64. The largest absolute Gasteiger partial charge is 0.361 e. The van der Waals surface area contributed by atoms with Crippen molar-refractivity contribution in [2.24, 2.45) is 0 Å². The zero-order chi connectivity index (χ0) is 11.5. The summed E-state index contributed by atoms with van der Waals surface area (Å²) < 4.78 is 0. The quantitative estimate of drug-likeness (QED) is 0.870. The molecule has 0 amide bonds. The van der Waals surface area contributed by atoms with Gasteiger partial charge in [0.2, 0.25) is 0 Å². The van der Waals surface area contributed by atoms with Gasteiger partial charge in [-0.05, 0) is 42.0 Å². The first kappa shape index (κ1) is 11.2. The van der Waals surface area contributed by atoms with Crippen molar-refractivity contribution in [3.63, 3.8) is 0 Å². The van der Waals surface area contributed by atoms with Crippen LogP contribution in [-0.2, 0) is 6.54 Å². The first-order valence-electron chi connectivity index (χ1n) is 6.29. The first-order chi connectivity index (χ1) is 8.43. The molecular formula is C14H18N2S. The van der Waals surface area contributed by atoms with Crippen molar-refractivity contribution in [3.8, 4) is 0 Å². The standard InChI is InChI=1S/C14H18N2S/c1-2-11(13-4-7-15-14(13)3-1)10-16-12-5-8-17-9-6-12/h1-4,7,12,15-16H,5-6,8-10H2. The number of aromatic amines is 1. The Morgan fingerprint density at radius 1 is 1.24 bits per heavy atom. The maximum atomic E-state index is 3.69. The van der Waals surface area contributed by atoms with Gasteiger partial charge in [-0.3, -0.25) is 0 Å². The summed E-state index contributed by atoms with van der Waals surface area (Å²) in [7, 11) is 0. The maximum Gasteiger partial charge on any atom is 0.0457 e. The van der Waals surface area contributed by atoms with Crippen molar-refractivity contribution >= 4 is 22.7 Å². The summed E-state index contributed by atoms with van der Waals surface area (Å²) in [5, 5.41) is 5.04. The molecule has 3 heteroatoms. The summed E-state index contributed by atoms with van der Waals surface area (Å²) in [4.78, 5) is 3.27. The number of thioether (sulfide) groups is 1. The molecule has 0 radical (unpaired) electrons. The molecule has 0 bridgehead atoms. The predicted octanol–water partition coefficient (Wildman–Crippen LogP) is 3.15. The van der Waals surface area contributed by atoms with E-state index >= 15 is 0 Å². The molecule has 0 spiro atoms. The topological polar surface area (TPSA) is 27.8 Å². The third kappa shape index (κ3) is 2.50. The molecule has 0 atom stereocenters. The van der Waals surface area contributed by atoms with Crippen molar-refractivity contribution in [2.75, 3.05) is 11.5 Å². The summed E-state index contributed by atoms with van der Waals surface area (Å²) >= 11 is 2.08. The van der Waals surface area contributed by atoms with Gasteiger partial charge < -0.3 is 10.3 Å². The number of hydrogen-bond donors (Lipinski definition) is 2.